The molecule has 152 valence electrons. The minimum atomic E-state index is -4.94. The van der Waals surface area contributed by atoms with Crippen molar-refractivity contribution in [1.82, 2.24) is 0 Å². The summed E-state index contributed by atoms with van der Waals surface area (Å²) in [6.45, 7) is 6.63. The first kappa shape index (κ1) is 21.4. The van der Waals surface area contributed by atoms with Crippen LogP contribution in [0.25, 0.3) is 22.5 Å². The van der Waals surface area contributed by atoms with Gasteiger partial charge < -0.3 is 0 Å². The third-order valence-electron chi connectivity index (χ3n) is 4.82. The molecule has 0 spiro atoms. The van der Waals surface area contributed by atoms with Crippen molar-refractivity contribution in [3.8, 4) is 22.5 Å². The molecule has 1 heterocycles. The van der Waals surface area contributed by atoms with Crippen molar-refractivity contribution in [3.63, 3.8) is 0 Å². The molecule has 0 saturated heterocycles. The van der Waals surface area contributed by atoms with Crippen LogP contribution in [-0.4, -0.2) is 0 Å². The number of aryl methyl sites for hydroxylation is 1. The fraction of sp³-hybridized carbons (Fsp3) is 0.261. The molecule has 29 heavy (non-hydrogen) atoms. The zero-order chi connectivity index (χ0) is 21.2. The molecular formula is C23H23ClO5. The standard InChI is InChI=1S/C23H23O.ClHO4/c1-23(2,3)21-15-20(16-9-5-4-6-10-16)19-14-13-17-11-7-8-12-18(17)22(19)24-21;2-1(3,4)5/h4-12,15H,13-14H2,1-3H3;(H,2,3,4,5)/q+1;/p-1. The molecule has 0 saturated carbocycles. The van der Waals surface area contributed by atoms with Gasteiger partial charge in [0.1, 0.15) is 0 Å². The lowest BCUT2D eigenvalue weighted by Gasteiger charge is -2.18. The lowest BCUT2D eigenvalue weighted by Crippen LogP contribution is -2.68. The van der Waals surface area contributed by atoms with Gasteiger partial charge in [-0.3, -0.25) is 0 Å². The first-order valence-electron chi connectivity index (χ1n) is 9.30. The second-order valence-electron chi connectivity index (χ2n) is 7.98. The maximum Gasteiger partial charge on any atom is 0.364 e. The van der Waals surface area contributed by atoms with Gasteiger partial charge in [-0.2, -0.15) is 0 Å². The van der Waals surface area contributed by atoms with Crippen LogP contribution in [0.3, 0.4) is 0 Å². The van der Waals surface area contributed by atoms with E-state index >= 15 is 0 Å². The highest BCUT2D eigenvalue weighted by Crippen LogP contribution is 2.41. The van der Waals surface area contributed by atoms with Crippen molar-refractivity contribution in [1.29, 1.82) is 0 Å². The Kier molecular flexibility index (Phi) is 6.08. The average molecular weight is 415 g/mol. The first-order chi connectivity index (χ1) is 13.5. The molecule has 1 aliphatic rings. The molecule has 2 aromatic carbocycles. The Bertz CT molecular complexity index is 965. The van der Waals surface area contributed by atoms with Crippen LogP contribution < -0.4 is 18.6 Å². The van der Waals surface area contributed by atoms with Crippen molar-refractivity contribution < 1.29 is 33.3 Å². The number of hydrogen-bond acceptors (Lipinski definition) is 4. The van der Waals surface area contributed by atoms with Crippen LogP contribution in [0.1, 0.15) is 37.7 Å². The molecule has 0 unspecified atom stereocenters. The van der Waals surface area contributed by atoms with Crippen LogP contribution in [0, 0.1) is 10.2 Å². The van der Waals surface area contributed by atoms with Gasteiger partial charge in [-0.25, -0.2) is 23.1 Å². The summed E-state index contributed by atoms with van der Waals surface area (Å²) in [6, 6.07) is 21.6. The number of benzene rings is 2. The summed E-state index contributed by atoms with van der Waals surface area (Å²) in [7, 11) is -4.94. The van der Waals surface area contributed by atoms with E-state index in [9.17, 15) is 0 Å². The Labute approximate surface area is 172 Å². The van der Waals surface area contributed by atoms with Gasteiger partial charge in [0.2, 0.25) is 0 Å². The van der Waals surface area contributed by atoms with Crippen molar-refractivity contribution in [2.24, 2.45) is 0 Å². The van der Waals surface area contributed by atoms with Gasteiger partial charge in [-0.15, -0.1) is 10.2 Å². The zero-order valence-electron chi connectivity index (χ0n) is 16.6. The topological polar surface area (TPSA) is 104 Å². The highest BCUT2D eigenvalue weighted by Gasteiger charge is 2.35. The Hall–Kier alpha value is -2.28. The summed E-state index contributed by atoms with van der Waals surface area (Å²) in [5.41, 5.74) is 6.55. The van der Waals surface area contributed by atoms with Gasteiger partial charge in [-0.05, 0) is 50.8 Å². The molecule has 5 nitrogen and oxygen atoms in total. The van der Waals surface area contributed by atoms with Crippen molar-refractivity contribution >= 4 is 0 Å². The summed E-state index contributed by atoms with van der Waals surface area (Å²) in [4.78, 5) is 0. The van der Waals surface area contributed by atoms with E-state index in [0.29, 0.717) is 0 Å². The maximum absolute atomic E-state index is 8.49. The Morgan fingerprint density at radius 1 is 0.793 bits per heavy atom. The smallest absolute Gasteiger partial charge is 0.222 e. The predicted octanol–water partition coefficient (Wildman–Crippen LogP) is 1.53. The minimum absolute atomic E-state index is 0.0229. The van der Waals surface area contributed by atoms with Gasteiger partial charge in [0.15, 0.2) is 0 Å². The molecule has 1 aromatic heterocycles. The van der Waals surface area contributed by atoms with E-state index in [0.717, 1.165) is 24.4 Å². The molecule has 0 bridgehead atoms. The highest BCUT2D eigenvalue weighted by molar-refractivity contribution is 5.78. The number of rotatable bonds is 1. The summed E-state index contributed by atoms with van der Waals surface area (Å²) in [5, 5.41) is 0. The van der Waals surface area contributed by atoms with Crippen LogP contribution in [0.15, 0.2) is 65.1 Å². The molecule has 0 N–H and O–H groups in total. The van der Waals surface area contributed by atoms with E-state index in [2.05, 4.69) is 81.4 Å². The van der Waals surface area contributed by atoms with E-state index in [1.165, 1.54) is 27.8 Å². The lowest BCUT2D eigenvalue weighted by atomic mass is 9.83. The van der Waals surface area contributed by atoms with E-state index in [1.807, 2.05) is 0 Å². The minimum Gasteiger partial charge on any atom is -0.222 e. The quantitative estimate of drug-likeness (QED) is 0.562. The Balaban J connectivity index is 0.000000431. The summed E-state index contributed by atoms with van der Waals surface area (Å²) < 4.78 is 40.4. The third kappa shape index (κ3) is 5.41. The average Bonchev–Trinajstić information content (AvgIpc) is 2.65. The Morgan fingerprint density at radius 2 is 1.38 bits per heavy atom. The molecule has 0 atom stereocenters. The van der Waals surface area contributed by atoms with E-state index in [1.54, 1.807) is 0 Å². The number of hydrogen-bond donors (Lipinski definition) is 0. The lowest BCUT2D eigenvalue weighted by molar-refractivity contribution is -2.00. The second-order valence-corrected chi connectivity index (χ2v) is 8.74. The number of fused-ring (bicyclic) bond motifs is 3. The van der Waals surface area contributed by atoms with Crippen molar-refractivity contribution in [3.05, 3.63) is 77.6 Å². The summed E-state index contributed by atoms with van der Waals surface area (Å²) >= 11 is 0. The van der Waals surface area contributed by atoms with E-state index < -0.39 is 10.2 Å². The molecule has 4 rings (SSSR count). The molecule has 1 aliphatic carbocycles. The van der Waals surface area contributed by atoms with Crippen LogP contribution in [0.5, 0.6) is 0 Å². The molecule has 0 amide bonds. The Morgan fingerprint density at radius 3 is 2.00 bits per heavy atom. The second kappa shape index (κ2) is 8.22. The predicted molar refractivity (Wildman–Crippen MR) is 100 cm³/mol. The first-order valence-corrected chi connectivity index (χ1v) is 10.5. The fourth-order valence-electron chi connectivity index (χ4n) is 3.47. The van der Waals surface area contributed by atoms with Crippen LogP contribution >= 0.6 is 0 Å². The van der Waals surface area contributed by atoms with Gasteiger partial charge >= 0.3 is 11.5 Å². The van der Waals surface area contributed by atoms with Crippen LogP contribution in [0.4, 0.5) is 0 Å². The van der Waals surface area contributed by atoms with E-state index in [-0.39, 0.29) is 5.41 Å². The highest BCUT2D eigenvalue weighted by atomic mass is 35.7. The molecule has 0 aliphatic heterocycles. The van der Waals surface area contributed by atoms with Gasteiger partial charge in [0.05, 0.1) is 16.5 Å². The van der Waals surface area contributed by atoms with Gasteiger partial charge in [0.25, 0.3) is 0 Å². The van der Waals surface area contributed by atoms with Crippen molar-refractivity contribution in [2.75, 3.05) is 0 Å². The largest absolute Gasteiger partial charge is 0.364 e. The van der Waals surface area contributed by atoms with Gasteiger partial charge in [-0.1, -0.05) is 48.5 Å². The molecule has 6 heteroatoms. The normalized spacial score (nSPS) is 13.1. The molecule has 0 radical (unpaired) electrons. The molecule has 0 fully saturated rings. The third-order valence-corrected chi connectivity index (χ3v) is 4.82. The molecule has 3 aromatic rings. The fourth-order valence-corrected chi connectivity index (χ4v) is 3.47. The van der Waals surface area contributed by atoms with Gasteiger partial charge in [0, 0.05) is 11.6 Å². The SMILES string of the molecule is CC(C)(C)c1cc(-c2ccccc2)c2c([o+]1)-c1ccccc1CC2.[O-][Cl+3]([O-])([O-])[O-]. The monoisotopic (exact) mass is 414 g/mol. The maximum atomic E-state index is 8.49. The summed E-state index contributed by atoms with van der Waals surface area (Å²) in [6.07, 6.45) is 2.11. The van der Waals surface area contributed by atoms with Crippen LogP contribution in [-0.2, 0) is 18.3 Å². The van der Waals surface area contributed by atoms with Crippen molar-refractivity contribution in [2.45, 2.75) is 39.0 Å². The summed E-state index contributed by atoms with van der Waals surface area (Å²) in [5.74, 6) is 2.10. The number of halogens is 1. The van der Waals surface area contributed by atoms with Crippen LogP contribution in [0.2, 0.25) is 0 Å². The van der Waals surface area contributed by atoms with E-state index in [4.69, 9.17) is 23.1 Å². The molecular weight excluding hydrogens is 392 g/mol. The zero-order valence-corrected chi connectivity index (χ0v) is 17.4.